The summed E-state index contributed by atoms with van der Waals surface area (Å²) in [7, 11) is 0. The number of nitriles is 1. The maximum atomic E-state index is 14.2. The van der Waals surface area contributed by atoms with Crippen molar-refractivity contribution >= 4 is 28.3 Å². The van der Waals surface area contributed by atoms with E-state index in [0.29, 0.717) is 24.3 Å². The summed E-state index contributed by atoms with van der Waals surface area (Å²) >= 11 is 0. The SMILES string of the molecule is [C-]#[N+]C(C#N)=C(c1ccccc1)N1CCN(C(=O)C(=O)c2c[nH]c3cccc(F)c23)CC1. The molecule has 0 spiro atoms. The Kier molecular flexibility index (Phi) is 5.69. The number of nitrogens with zero attached hydrogens (tertiary/aromatic N) is 4. The van der Waals surface area contributed by atoms with Crippen LogP contribution < -0.4 is 0 Å². The Morgan fingerprint density at radius 3 is 2.38 bits per heavy atom. The minimum atomic E-state index is -0.771. The molecule has 0 saturated carbocycles. The highest BCUT2D eigenvalue weighted by Crippen LogP contribution is 2.26. The van der Waals surface area contributed by atoms with Gasteiger partial charge in [-0.3, -0.25) is 9.59 Å². The molecule has 4 rings (SSSR count). The molecule has 2 heterocycles. The molecule has 32 heavy (non-hydrogen) atoms. The van der Waals surface area contributed by atoms with Gasteiger partial charge < -0.3 is 14.8 Å². The highest BCUT2D eigenvalue weighted by Gasteiger charge is 2.30. The molecule has 0 radical (unpaired) electrons. The van der Waals surface area contributed by atoms with Crippen LogP contribution in [-0.4, -0.2) is 52.7 Å². The first-order valence-corrected chi connectivity index (χ1v) is 9.96. The van der Waals surface area contributed by atoms with E-state index < -0.39 is 17.5 Å². The van der Waals surface area contributed by atoms with Crippen molar-refractivity contribution in [3.63, 3.8) is 0 Å². The highest BCUT2D eigenvalue weighted by atomic mass is 19.1. The number of hydrogen-bond acceptors (Lipinski definition) is 4. The highest BCUT2D eigenvalue weighted by molar-refractivity contribution is 6.44. The number of aromatic amines is 1. The fraction of sp³-hybridized carbons (Fsp3) is 0.167. The van der Waals surface area contributed by atoms with Crippen LogP contribution in [0.4, 0.5) is 4.39 Å². The lowest BCUT2D eigenvalue weighted by atomic mass is 10.1. The van der Waals surface area contributed by atoms with E-state index >= 15 is 0 Å². The summed E-state index contributed by atoms with van der Waals surface area (Å²) in [5.41, 5.74) is 1.69. The van der Waals surface area contributed by atoms with Crippen LogP contribution in [0.1, 0.15) is 15.9 Å². The molecule has 1 saturated heterocycles. The molecule has 2 aromatic carbocycles. The number of nitrogens with one attached hydrogen (secondary N) is 1. The van der Waals surface area contributed by atoms with Crippen molar-refractivity contribution in [2.24, 2.45) is 0 Å². The number of Topliss-reactive ketones (excluding diaryl/α,β-unsaturated/α-hetero) is 1. The van der Waals surface area contributed by atoms with Crippen molar-refractivity contribution in [2.45, 2.75) is 0 Å². The number of H-pyrrole nitrogens is 1. The quantitative estimate of drug-likeness (QED) is 0.299. The number of allylic oxidation sites excluding steroid dienone is 1. The summed E-state index contributed by atoms with van der Waals surface area (Å²) in [5.74, 6) is -2.04. The second-order valence-corrected chi connectivity index (χ2v) is 7.26. The summed E-state index contributed by atoms with van der Waals surface area (Å²) in [6.07, 6.45) is 1.36. The van der Waals surface area contributed by atoms with Crippen LogP contribution in [0.5, 0.6) is 0 Å². The smallest absolute Gasteiger partial charge is 0.295 e. The summed E-state index contributed by atoms with van der Waals surface area (Å²) in [5, 5.41) is 9.53. The number of piperazine rings is 1. The largest absolute Gasteiger partial charge is 0.376 e. The summed E-state index contributed by atoms with van der Waals surface area (Å²) < 4.78 is 14.2. The number of aromatic nitrogens is 1. The first-order valence-electron chi connectivity index (χ1n) is 9.96. The average Bonchev–Trinajstić information content (AvgIpc) is 3.28. The number of fused-ring (bicyclic) bond motifs is 1. The number of carbonyl (C=O) groups excluding carboxylic acids is 2. The summed E-state index contributed by atoms with van der Waals surface area (Å²) in [6.45, 7) is 8.54. The first kappa shape index (κ1) is 20.8. The van der Waals surface area contributed by atoms with Crippen molar-refractivity contribution in [1.29, 1.82) is 5.26 Å². The van der Waals surface area contributed by atoms with Gasteiger partial charge in [0.25, 0.3) is 17.4 Å². The van der Waals surface area contributed by atoms with Gasteiger partial charge in [0.2, 0.25) is 0 Å². The predicted octanol–water partition coefficient (Wildman–Crippen LogP) is 3.45. The topological polar surface area (TPSA) is 84.6 Å². The standard InChI is InChI=1S/C24H18FN5O2/c1-27-20(14-26)22(16-6-3-2-4-7-16)29-10-12-30(13-11-29)24(32)23(31)17-15-28-19-9-5-8-18(25)21(17)19/h2-9,15,28H,10-13H2. The molecule has 3 aromatic rings. The molecule has 158 valence electrons. The number of ketones is 1. The number of hydrogen-bond donors (Lipinski definition) is 1. The minimum Gasteiger partial charge on any atom is -0.376 e. The van der Waals surface area contributed by atoms with E-state index in [1.54, 1.807) is 6.07 Å². The number of amides is 1. The molecule has 1 amide bonds. The van der Waals surface area contributed by atoms with Crippen molar-refractivity contribution in [3.05, 3.63) is 88.8 Å². The molecule has 8 heteroatoms. The Labute approximate surface area is 183 Å². The van der Waals surface area contributed by atoms with Crippen LogP contribution in [0.3, 0.4) is 0 Å². The Bertz CT molecular complexity index is 1290. The lowest BCUT2D eigenvalue weighted by Crippen LogP contribution is -2.50. The van der Waals surface area contributed by atoms with Crippen LogP contribution in [0.15, 0.2) is 60.4 Å². The Hall–Kier alpha value is -4.43. The van der Waals surface area contributed by atoms with Gasteiger partial charge in [0, 0.05) is 43.3 Å². The first-order chi connectivity index (χ1) is 15.5. The molecule has 7 nitrogen and oxygen atoms in total. The van der Waals surface area contributed by atoms with Crippen molar-refractivity contribution in [2.75, 3.05) is 26.2 Å². The van der Waals surface area contributed by atoms with Crippen LogP contribution in [0, 0.1) is 23.7 Å². The van der Waals surface area contributed by atoms with E-state index in [1.165, 1.54) is 23.2 Å². The van der Waals surface area contributed by atoms with E-state index in [1.807, 2.05) is 41.3 Å². The van der Waals surface area contributed by atoms with Gasteiger partial charge in [-0.2, -0.15) is 0 Å². The van der Waals surface area contributed by atoms with Crippen LogP contribution >= 0.6 is 0 Å². The molecule has 1 aliphatic rings. The second kappa shape index (κ2) is 8.75. The molecular weight excluding hydrogens is 409 g/mol. The second-order valence-electron chi connectivity index (χ2n) is 7.26. The van der Waals surface area contributed by atoms with E-state index in [-0.39, 0.29) is 29.7 Å². The van der Waals surface area contributed by atoms with Crippen LogP contribution in [0.2, 0.25) is 0 Å². The third-order valence-corrected chi connectivity index (χ3v) is 5.47. The average molecular weight is 427 g/mol. The van der Waals surface area contributed by atoms with Gasteiger partial charge in [0.15, 0.2) is 0 Å². The van der Waals surface area contributed by atoms with E-state index in [4.69, 9.17) is 6.57 Å². The zero-order chi connectivity index (χ0) is 22.7. The molecule has 1 N–H and O–H groups in total. The third kappa shape index (κ3) is 3.70. The minimum absolute atomic E-state index is 0.00942. The van der Waals surface area contributed by atoms with Crippen LogP contribution in [0.25, 0.3) is 21.4 Å². The van der Waals surface area contributed by atoms with Crippen molar-refractivity contribution < 1.29 is 14.0 Å². The van der Waals surface area contributed by atoms with Gasteiger partial charge in [-0.1, -0.05) is 36.4 Å². The van der Waals surface area contributed by atoms with E-state index in [2.05, 4.69) is 9.83 Å². The molecule has 0 aliphatic carbocycles. The van der Waals surface area contributed by atoms with Crippen molar-refractivity contribution in [1.82, 2.24) is 14.8 Å². The fourth-order valence-corrected chi connectivity index (χ4v) is 3.91. The molecule has 0 unspecified atom stereocenters. The molecule has 0 atom stereocenters. The molecule has 1 fully saturated rings. The fourth-order valence-electron chi connectivity index (χ4n) is 3.91. The van der Waals surface area contributed by atoms with Crippen LogP contribution in [-0.2, 0) is 4.79 Å². The lowest BCUT2D eigenvalue weighted by molar-refractivity contribution is -0.127. The van der Waals surface area contributed by atoms with Gasteiger partial charge in [0.05, 0.1) is 23.9 Å². The number of carbonyl (C=O) groups is 2. The lowest BCUT2D eigenvalue weighted by Gasteiger charge is -2.37. The number of benzene rings is 2. The maximum absolute atomic E-state index is 14.2. The van der Waals surface area contributed by atoms with E-state index in [0.717, 1.165) is 5.56 Å². The molecule has 0 bridgehead atoms. The summed E-state index contributed by atoms with van der Waals surface area (Å²) in [6, 6.07) is 15.5. The predicted molar refractivity (Wildman–Crippen MR) is 116 cm³/mol. The monoisotopic (exact) mass is 427 g/mol. The van der Waals surface area contributed by atoms with Gasteiger partial charge in [-0.25, -0.2) is 14.5 Å². The third-order valence-electron chi connectivity index (χ3n) is 5.47. The molecule has 1 aromatic heterocycles. The number of rotatable bonds is 4. The maximum Gasteiger partial charge on any atom is 0.295 e. The zero-order valence-corrected chi connectivity index (χ0v) is 17.0. The Morgan fingerprint density at radius 1 is 1.03 bits per heavy atom. The normalized spacial score (nSPS) is 14.5. The molecular formula is C24H18FN5O2. The van der Waals surface area contributed by atoms with Gasteiger partial charge in [-0.05, 0) is 17.7 Å². The number of halogens is 1. The summed E-state index contributed by atoms with van der Waals surface area (Å²) in [4.78, 5) is 35.2. The Morgan fingerprint density at radius 2 is 1.72 bits per heavy atom. The van der Waals surface area contributed by atoms with E-state index in [9.17, 15) is 19.2 Å². The molecule has 1 aliphatic heterocycles. The van der Waals surface area contributed by atoms with Gasteiger partial charge >= 0.3 is 0 Å². The van der Waals surface area contributed by atoms with Crippen molar-refractivity contribution in [3.8, 4) is 6.07 Å². The van der Waals surface area contributed by atoms with Gasteiger partial charge in [-0.15, -0.1) is 0 Å². The Balaban J connectivity index is 1.53. The zero-order valence-electron chi connectivity index (χ0n) is 17.0. The van der Waals surface area contributed by atoms with Gasteiger partial charge in [0.1, 0.15) is 5.82 Å².